The summed E-state index contributed by atoms with van der Waals surface area (Å²) in [5.74, 6) is 0.186. The van der Waals surface area contributed by atoms with E-state index >= 15 is 0 Å². The summed E-state index contributed by atoms with van der Waals surface area (Å²) in [5, 5.41) is -0.284. The van der Waals surface area contributed by atoms with E-state index in [0.29, 0.717) is 0 Å². The molecule has 1 unspecified atom stereocenters. The highest BCUT2D eigenvalue weighted by Gasteiger charge is 2.35. The summed E-state index contributed by atoms with van der Waals surface area (Å²) in [6.45, 7) is 4.31. The molecule has 0 heterocycles. The normalized spacial score (nSPS) is 21.4. The number of ketones is 1. The molecule has 0 saturated heterocycles. The van der Waals surface area contributed by atoms with E-state index in [2.05, 4.69) is 13.8 Å². The predicted molar refractivity (Wildman–Crippen MR) is 60.7 cm³/mol. The van der Waals surface area contributed by atoms with Crippen LogP contribution >= 0.6 is 11.6 Å². The van der Waals surface area contributed by atoms with Crippen LogP contribution in [0.2, 0.25) is 0 Å². The molecule has 0 aromatic rings. The Balaban J connectivity index is 2.55. The first-order chi connectivity index (χ1) is 6.72. The third-order valence-electron chi connectivity index (χ3n) is 2.80. The summed E-state index contributed by atoms with van der Waals surface area (Å²) in [6.07, 6.45) is 6.54. The lowest BCUT2D eigenvalue weighted by molar-refractivity contribution is -0.116. The predicted octanol–water partition coefficient (Wildman–Crippen LogP) is 3.85. The molecule has 1 nitrogen and oxygen atoms in total. The molecule has 0 saturated carbocycles. The highest BCUT2D eigenvalue weighted by Crippen LogP contribution is 2.35. The van der Waals surface area contributed by atoms with E-state index in [4.69, 9.17) is 11.6 Å². The van der Waals surface area contributed by atoms with Gasteiger partial charge in [0, 0.05) is 0 Å². The SMILES string of the molecule is CCCCC1=C(CCCC)C(Cl)C1=O. The monoisotopic (exact) mass is 214 g/mol. The minimum absolute atomic E-state index is 0.186. The second kappa shape index (κ2) is 5.55. The minimum Gasteiger partial charge on any atom is -0.292 e. The Hall–Kier alpha value is -0.300. The molecular formula is C12H19ClO. The van der Waals surface area contributed by atoms with Crippen molar-refractivity contribution in [3.8, 4) is 0 Å². The van der Waals surface area contributed by atoms with Crippen molar-refractivity contribution in [1.82, 2.24) is 0 Å². The van der Waals surface area contributed by atoms with Crippen molar-refractivity contribution < 1.29 is 4.79 Å². The zero-order valence-corrected chi connectivity index (χ0v) is 9.86. The van der Waals surface area contributed by atoms with Gasteiger partial charge >= 0.3 is 0 Å². The van der Waals surface area contributed by atoms with Crippen LogP contribution in [0.5, 0.6) is 0 Å². The first kappa shape index (κ1) is 11.8. The van der Waals surface area contributed by atoms with Gasteiger partial charge in [-0.15, -0.1) is 11.6 Å². The van der Waals surface area contributed by atoms with Gasteiger partial charge < -0.3 is 0 Å². The molecule has 0 fully saturated rings. The van der Waals surface area contributed by atoms with Crippen molar-refractivity contribution in [2.45, 2.75) is 57.7 Å². The van der Waals surface area contributed by atoms with Gasteiger partial charge in [0.1, 0.15) is 5.38 Å². The van der Waals surface area contributed by atoms with Gasteiger partial charge in [-0.3, -0.25) is 4.79 Å². The molecule has 80 valence electrons. The lowest BCUT2D eigenvalue weighted by Crippen LogP contribution is -2.32. The van der Waals surface area contributed by atoms with Crippen LogP contribution in [0.25, 0.3) is 0 Å². The minimum atomic E-state index is -0.284. The van der Waals surface area contributed by atoms with Crippen molar-refractivity contribution in [3.63, 3.8) is 0 Å². The van der Waals surface area contributed by atoms with Gasteiger partial charge in [-0.2, -0.15) is 0 Å². The van der Waals surface area contributed by atoms with Gasteiger partial charge in [0.05, 0.1) is 0 Å². The van der Waals surface area contributed by atoms with Crippen LogP contribution < -0.4 is 0 Å². The molecule has 0 aliphatic heterocycles. The van der Waals surface area contributed by atoms with E-state index in [1.165, 1.54) is 12.0 Å². The van der Waals surface area contributed by atoms with Gasteiger partial charge in [0.2, 0.25) is 0 Å². The molecule has 1 atom stereocenters. The Morgan fingerprint density at radius 3 is 2.29 bits per heavy atom. The van der Waals surface area contributed by atoms with E-state index in [1.54, 1.807) is 0 Å². The van der Waals surface area contributed by atoms with Crippen molar-refractivity contribution in [2.24, 2.45) is 0 Å². The number of carbonyl (C=O) groups is 1. The highest BCUT2D eigenvalue weighted by atomic mass is 35.5. The maximum atomic E-state index is 11.5. The number of Topliss-reactive ketones (excluding diaryl/α,β-unsaturated/α-hetero) is 1. The Morgan fingerprint density at radius 2 is 1.71 bits per heavy atom. The smallest absolute Gasteiger partial charge is 0.180 e. The first-order valence-electron chi connectivity index (χ1n) is 5.62. The zero-order chi connectivity index (χ0) is 10.6. The number of rotatable bonds is 6. The maximum Gasteiger partial charge on any atom is 0.180 e. The average Bonchev–Trinajstić information content (AvgIpc) is 2.21. The summed E-state index contributed by atoms with van der Waals surface area (Å²) >= 11 is 5.97. The first-order valence-corrected chi connectivity index (χ1v) is 6.06. The summed E-state index contributed by atoms with van der Waals surface area (Å²) in [4.78, 5) is 11.5. The fraction of sp³-hybridized carbons (Fsp3) is 0.750. The Morgan fingerprint density at radius 1 is 1.14 bits per heavy atom. The molecule has 1 aliphatic rings. The number of alkyl halides is 1. The zero-order valence-electron chi connectivity index (χ0n) is 9.11. The molecule has 0 aromatic heterocycles. The summed E-state index contributed by atoms with van der Waals surface area (Å²) in [5.41, 5.74) is 2.27. The van der Waals surface area contributed by atoms with Crippen LogP contribution in [-0.4, -0.2) is 11.2 Å². The van der Waals surface area contributed by atoms with E-state index in [0.717, 1.165) is 37.7 Å². The number of allylic oxidation sites excluding steroid dienone is 2. The Bertz CT molecular complexity index is 243. The molecule has 14 heavy (non-hydrogen) atoms. The van der Waals surface area contributed by atoms with Crippen LogP contribution in [0.3, 0.4) is 0 Å². The van der Waals surface area contributed by atoms with Gasteiger partial charge in [-0.1, -0.05) is 26.7 Å². The average molecular weight is 215 g/mol. The lowest BCUT2D eigenvalue weighted by atomic mass is 9.81. The van der Waals surface area contributed by atoms with Crippen molar-refractivity contribution in [2.75, 3.05) is 0 Å². The molecule has 1 aliphatic carbocycles. The molecule has 0 N–H and O–H groups in total. The number of unbranched alkanes of at least 4 members (excludes halogenated alkanes) is 2. The van der Waals surface area contributed by atoms with E-state index in [9.17, 15) is 4.79 Å². The summed E-state index contributed by atoms with van der Waals surface area (Å²) in [6, 6.07) is 0. The Labute approximate surface area is 91.5 Å². The third kappa shape index (κ3) is 2.38. The second-order valence-corrected chi connectivity index (χ2v) is 4.37. The molecule has 0 aromatic carbocycles. The number of carbonyl (C=O) groups excluding carboxylic acids is 1. The van der Waals surface area contributed by atoms with Gasteiger partial charge in [-0.05, 0) is 36.8 Å². The molecule has 0 radical (unpaired) electrons. The van der Waals surface area contributed by atoms with Crippen molar-refractivity contribution in [1.29, 1.82) is 0 Å². The topological polar surface area (TPSA) is 17.1 Å². The van der Waals surface area contributed by atoms with E-state index < -0.39 is 0 Å². The van der Waals surface area contributed by atoms with Crippen LogP contribution in [0.4, 0.5) is 0 Å². The molecule has 2 heteroatoms. The number of hydrogen-bond donors (Lipinski definition) is 0. The molecule has 0 amide bonds. The molecule has 0 bridgehead atoms. The molecule has 1 rings (SSSR count). The summed E-state index contributed by atoms with van der Waals surface area (Å²) in [7, 11) is 0. The summed E-state index contributed by atoms with van der Waals surface area (Å²) < 4.78 is 0. The van der Waals surface area contributed by atoms with Gasteiger partial charge in [0.15, 0.2) is 5.78 Å². The molecular weight excluding hydrogens is 196 g/mol. The van der Waals surface area contributed by atoms with Crippen molar-refractivity contribution in [3.05, 3.63) is 11.1 Å². The highest BCUT2D eigenvalue weighted by molar-refractivity contribution is 6.39. The van der Waals surface area contributed by atoms with Crippen molar-refractivity contribution >= 4 is 17.4 Å². The fourth-order valence-corrected chi connectivity index (χ4v) is 2.20. The quantitative estimate of drug-likeness (QED) is 0.614. The van der Waals surface area contributed by atoms with Crippen LogP contribution in [0, 0.1) is 0 Å². The van der Waals surface area contributed by atoms with Crippen LogP contribution in [-0.2, 0) is 4.79 Å². The standard InChI is InChI=1S/C12H19ClO/c1-3-5-7-9-10(8-6-4-2)12(14)11(9)13/h11H,3-8H2,1-2H3. The Kier molecular flexibility index (Phi) is 4.67. The largest absolute Gasteiger partial charge is 0.292 e. The van der Waals surface area contributed by atoms with Gasteiger partial charge in [0.25, 0.3) is 0 Å². The van der Waals surface area contributed by atoms with Crippen LogP contribution in [0.15, 0.2) is 11.1 Å². The number of hydrogen-bond acceptors (Lipinski definition) is 1. The van der Waals surface area contributed by atoms with E-state index in [-0.39, 0.29) is 11.2 Å². The maximum absolute atomic E-state index is 11.5. The molecule has 0 spiro atoms. The fourth-order valence-electron chi connectivity index (χ4n) is 1.83. The van der Waals surface area contributed by atoms with Crippen LogP contribution in [0.1, 0.15) is 52.4 Å². The lowest BCUT2D eigenvalue weighted by Gasteiger charge is -2.28. The second-order valence-electron chi connectivity index (χ2n) is 3.94. The van der Waals surface area contributed by atoms with Gasteiger partial charge in [-0.25, -0.2) is 0 Å². The number of halogens is 1. The third-order valence-corrected chi connectivity index (χ3v) is 3.26. The van der Waals surface area contributed by atoms with E-state index in [1.807, 2.05) is 0 Å².